The summed E-state index contributed by atoms with van der Waals surface area (Å²) < 4.78 is 0. The summed E-state index contributed by atoms with van der Waals surface area (Å²) in [7, 11) is 0. The summed E-state index contributed by atoms with van der Waals surface area (Å²) >= 11 is 0. The van der Waals surface area contributed by atoms with E-state index in [0.717, 1.165) is 24.0 Å². The maximum Gasteiger partial charge on any atom is 0.322 e. The molecule has 0 radical (unpaired) electrons. The van der Waals surface area contributed by atoms with Gasteiger partial charge < -0.3 is 10.2 Å². The Morgan fingerprint density at radius 1 is 1.16 bits per heavy atom. The van der Waals surface area contributed by atoms with Gasteiger partial charge >= 0.3 is 6.03 Å². The summed E-state index contributed by atoms with van der Waals surface area (Å²) in [6.45, 7) is 4.45. The van der Waals surface area contributed by atoms with Crippen LogP contribution in [0.3, 0.4) is 0 Å². The Balaban J connectivity index is 1.81. The zero-order valence-corrected chi connectivity index (χ0v) is 14.4. The van der Waals surface area contributed by atoms with Crippen molar-refractivity contribution in [2.45, 2.75) is 32.7 Å². The van der Waals surface area contributed by atoms with E-state index in [-0.39, 0.29) is 23.4 Å². The number of urea groups is 1. The largest absolute Gasteiger partial charge is 0.322 e. The van der Waals surface area contributed by atoms with E-state index >= 15 is 0 Å². The minimum atomic E-state index is -0.468. The fourth-order valence-corrected chi connectivity index (χ4v) is 3.23. The lowest BCUT2D eigenvalue weighted by atomic mass is 10.0. The fraction of sp³-hybridized carbons (Fsp3) is 0.316. The number of nitrogens with one attached hydrogen (secondary N) is 1. The maximum atomic E-state index is 12.7. The number of carbonyl (C=O) groups is 1. The zero-order valence-electron chi connectivity index (χ0n) is 14.4. The molecule has 6 nitrogen and oxygen atoms in total. The predicted octanol–water partition coefficient (Wildman–Crippen LogP) is 4.58. The molecule has 1 saturated heterocycles. The minimum absolute atomic E-state index is 0.00473. The maximum absolute atomic E-state index is 12.7. The van der Waals surface area contributed by atoms with E-state index in [1.807, 2.05) is 31.2 Å². The lowest BCUT2D eigenvalue weighted by molar-refractivity contribution is -0.384. The van der Waals surface area contributed by atoms with E-state index in [0.29, 0.717) is 6.54 Å². The summed E-state index contributed by atoms with van der Waals surface area (Å²) in [4.78, 5) is 25.2. The molecule has 25 heavy (non-hydrogen) atoms. The van der Waals surface area contributed by atoms with Gasteiger partial charge in [0.25, 0.3) is 5.69 Å². The number of hydrogen-bond donors (Lipinski definition) is 1. The summed E-state index contributed by atoms with van der Waals surface area (Å²) in [6.07, 6.45) is 1.81. The molecule has 1 heterocycles. The molecule has 2 aromatic carbocycles. The van der Waals surface area contributed by atoms with Crippen LogP contribution in [0.5, 0.6) is 0 Å². The molecule has 2 aromatic rings. The number of aryl methyl sites for hydroxylation is 2. The molecular formula is C19H21N3O3. The Bertz CT molecular complexity index is 802. The highest BCUT2D eigenvalue weighted by Crippen LogP contribution is 2.33. The third-order valence-corrected chi connectivity index (χ3v) is 4.57. The molecule has 0 bridgehead atoms. The number of likely N-dealkylation sites (tertiary alicyclic amines) is 1. The molecule has 6 heteroatoms. The van der Waals surface area contributed by atoms with Crippen LogP contribution < -0.4 is 5.32 Å². The Kier molecular flexibility index (Phi) is 4.70. The average Bonchev–Trinajstić information content (AvgIpc) is 3.06. The van der Waals surface area contributed by atoms with Gasteiger partial charge in [0.2, 0.25) is 0 Å². The van der Waals surface area contributed by atoms with Gasteiger partial charge in [0, 0.05) is 12.6 Å². The van der Waals surface area contributed by atoms with E-state index in [2.05, 4.69) is 5.32 Å². The molecule has 3 rings (SSSR count). The SMILES string of the molecule is Cc1ccc([C@@H]2CCCN2C(=O)Nc2ccc(C)cc2[N+](=O)[O-])cc1. The van der Waals surface area contributed by atoms with E-state index in [1.54, 1.807) is 24.0 Å². The first kappa shape index (κ1) is 17.0. The van der Waals surface area contributed by atoms with Gasteiger partial charge in [-0.3, -0.25) is 10.1 Å². The Morgan fingerprint density at radius 3 is 2.52 bits per heavy atom. The number of anilines is 1. The molecule has 1 atom stereocenters. The van der Waals surface area contributed by atoms with Crippen LogP contribution in [0.2, 0.25) is 0 Å². The molecule has 0 aromatic heterocycles. The van der Waals surface area contributed by atoms with Gasteiger partial charge in [-0.15, -0.1) is 0 Å². The van der Waals surface area contributed by atoms with Crippen molar-refractivity contribution in [3.63, 3.8) is 0 Å². The third kappa shape index (κ3) is 3.63. The Hall–Kier alpha value is -2.89. The summed E-state index contributed by atoms with van der Waals surface area (Å²) in [6, 6.07) is 12.7. The van der Waals surface area contributed by atoms with Crippen molar-refractivity contribution in [2.24, 2.45) is 0 Å². The molecule has 0 aliphatic carbocycles. The van der Waals surface area contributed by atoms with Crippen LogP contribution in [0, 0.1) is 24.0 Å². The second-order valence-electron chi connectivity index (χ2n) is 6.47. The highest BCUT2D eigenvalue weighted by Gasteiger charge is 2.31. The van der Waals surface area contributed by atoms with E-state index < -0.39 is 4.92 Å². The van der Waals surface area contributed by atoms with Gasteiger partial charge in [-0.25, -0.2) is 4.79 Å². The van der Waals surface area contributed by atoms with Crippen molar-refractivity contribution >= 4 is 17.4 Å². The smallest absolute Gasteiger partial charge is 0.317 e. The molecule has 0 spiro atoms. The Labute approximate surface area is 146 Å². The van der Waals surface area contributed by atoms with Crippen LogP contribution in [0.4, 0.5) is 16.2 Å². The topological polar surface area (TPSA) is 75.5 Å². The van der Waals surface area contributed by atoms with Crippen molar-refractivity contribution in [3.8, 4) is 0 Å². The molecule has 1 aliphatic rings. The van der Waals surface area contributed by atoms with Crippen molar-refractivity contribution in [2.75, 3.05) is 11.9 Å². The summed E-state index contributed by atoms with van der Waals surface area (Å²) in [5, 5.41) is 14.0. The first-order valence-electron chi connectivity index (χ1n) is 8.35. The molecule has 130 valence electrons. The predicted molar refractivity (Wildman–Crippen MR) is 96.7 cm³/mol. The molecule has 1 fully saturated rings. The van der Waals surface area contributed by atoms with Gasteiger partial charge in [-0.2, -0.15) is 0 Å². The fourth-order valence-electron chi connectivity index (χ4n) is 3.23. The van der Waals surface area contributed by atoms with Gasteiger partial charge in [0.15, 0.2) is 0 Å². The Morgan fingerprint density at radius 2 is 1.84 bits per heavy atom. The van der Waals surface area contributed by atoms with Crippen LogP contribution in [0.25, 0.3) is 0 Å². The van der Waals surface area contributed by atoms with Crippen LogP contribution in [-0.4, -0.2) is 22.4 Å². The average molecular weight is 339 g/mol. The van der Waals surface area contributed by atoms with Crippen molar-refractivity contribution in [1.29, 1.82) is 0 Å². The molecule has 1 N–H and O–H groups in total. The van der Waals surface area contributed by atoms with Gasteiger partial charge in [-0.05, 0) is 43.9 Å². The number of hydrogen-bond acceptors (Lipinski definition) is 3. The second kappa shape index (κ2) is 6.93. The standard InChI is InChI=1S/C19H21N3O3/c1-13-5-8-15(9-6-13)17-4-3-11-21(17)19(23)20-16-10-7-14(2)12-18(16)22(24)25/h5-10,12,17H,3-4,11H2,1-2H3,(H,20,23)/t17-/m0/s1. The number of nitro groups is 1. The quantitative estimate of drug-likeness (QED) is 0.657. The monoisotopic (exact) mass is 339 g/mol. The second-order valence-corrected chi connectivity index (χ2v) is 6.47. The lowest BCUT2D eigenvalue weighted by Gasteiger charge is -2.25. The van der Waals surface area contributed by atoms with Gasteiger partial charge in [0.05, 0.1) is 11.0 Å². The number of benzene rings is 2. The highest BCUT2D eigenvalue weighted by molar-refractivity contribution is 5.92. The number of amides is 2. The highest BCUT2D eigenvalue weighted by atomic mass is 16.6. The van der Waals surface area contributed by atoms with Crippen molar-refractivity contribution < 1.29 is 9.72 Å². The molecular weight excluding hydrogens is 318 g/mol. The van der Waals surface area contributed by atoms with Crippen molar-refractivity contribution in [1.82, 2.24) is 4.90 Å². The third-order valence-electron chi connectivity index (χ3n) is 4.57. The number of nitrogens with zero attached hydrogens (tertiary/aromatic N) is 2. The van der Waals surface area contributed by atoms with Crippen LogP contribution in [0.1, 0.15) is 35.6 Å². The van der Waals surface area contributed by atoms with Gasteiger partial charge in [0.1, 0.15) is 5.69 Å². The van der Waals surface area contributed by atoms with Crippen molar-refractivity contribution in [3.05, 3.63) is 69.3 Å². The summed E-state index contributed by atoms with van der Waals surface area (Å²) in [5.41, 5.74) is 3.20. The van der Waals surface area contributed by atoms with Crippen LogP contribution in [0.15, 0.2) is 42.5 Å². The minimum Gasteiger partial charge on any atom is -0.317 e. The van der Waals surface area contributed by atoms with E-state index in [9.17, 15) is 14.9 Å². The molecule has 2 amide bonds. The van der Waals surface area contributed by atoms with Gasteiger partial charge in [-0.1, -0.05) is 35.9 Å². The first-order chi connectivity index (χ1) is 12.0. The summed E-state index contributed by atoms with van der Waals surface area (Å²) in [5.74, 6) is 0. The van der Waals surface area contributed by atoms with Crippen LogP contribution in [-0.2, 0) is 0 Å². The molecule has 0 saturated carbocycles. The van der Waals surface area contributed by atoms with Crippen LogP contribution >= 0.6 is 0 Å². The normalized spacial score (nSPS) is 16.7. The molecule has 0 unspecified atom stereocenters. The molecule has 1 aliphatic heterocycles. The number of rotatable bonds is 3. The number of carbonyl (C=O) groups excluding carboxylic acids is 1. The van der Waals surface area contributed by atoms with E-state index in [1.165, 1.54) is 11.6 Å². The number of nitro benzene ring substituents is 1. The first-order valence-corrected chi connectivity index (χ1v) is 8.35. The lowest BCUT2D eigenvalue weighted by Crippen LogP contribution is -2.34. The zero-order chi connectivity index (χ0) is 18.0. The van der Waals surface area contributed by atoms with E-state index in [4.69, 9.17) is 0 Å².